The molecule has 0 bridgehead atoms. The SMILES string of the molecule is CC(C)CN(CCC(=O)NCc1cccc(C(F)(F)F)c1)c1nc(-c2ccccc2Cl)nc2ccccc12. The first kappa shape index (κ1) is 27.4. The van der Waals surface area contributed by atoms with Crippen LogP contribution < -0.4 is 10.2 Å². The van der Waals surface area contributed by atoms with Crippen molar-refractivity contribution in [2.75, 3.05) is 18.0 Å². The number of benzene rings is 3. The summed E-state index contributed by atoms with van der Waals surface area (Å²) in [6.45, 7) is 5.19. The molecule has 0 aliphatic carbocycles. The highest BCUT2D eigenvalue weighted by Gasteiger charge is 2.30. The molecule has 0 saturated carbocycles. The Labute approximate surface area is 224 Å². The van der Waals surface area contributed by atoms with Crippen molar-refractivity contribution in [3.63, 3.8) is 0 Å². The number of aromatic nitrogens is 2. The highest BCUT2D eigenvalue weighted by atomic mass is 35.5. The summed E-state index contributed by atoms with van der Waals surface area (Å²) in [5.41, 5.74) is 1.12. The predicted octanol–water partition coefficient (Wildman–Crippen LogP) is 7.14. The smallest absolute Gasteiger partial charge is 0.355 e. The molecule has 0 spiro atoms. The van der Waals surface area contributed by atoms with Crippen LogP contribution in [0, 0.1) is 5.92 Å². The first-order valence-electron chi connectivity index (χ1n) is 12.3. The molecular weight excluding hydrogens is 513 g/mol. The number of anilines is 1. The van der Waals surface area contributed by atoms with E-state index in [-0.39, 0.29) is 24.8 Å². The lowest BCUT2D eigenvalue weighted by molar-refractivity contribution is -0.137. The van der Waals surface area contributed by atoms with Gasteiger partial charge < -0.3 is 10.2 Å². The van der Waals surface area contributed by atoms with E-state index in [1.807, 2.05) is 42.5 Å². The number of halogens is 4. The molecular formula is C29H28ClF3N4O. The predicted molar refractivity (Wildman–Crippen MR) is 145 cm³/mol. The molecule has 1 aromatic heterocycles. The number of nitrogens with zero attached hydrogens (tertiary/aromatic N) is 3. The van der Waals surface area contributed by atoms with Crippen molar-refractivity contribution in [1.29, 1.82) is 0 Å². The minimum atomic E-state index is -4.43. The molecule has 0 aliphatic heterocycles. The van der Waals surface area contributed by atoms with Crippen LogP contribution in [0.4, 0.5) is 19.0 Å². The number of alkyl halides is 3. The van der Waals surface area contributed by atoms with Crippen molar-refractivity contribution in [2.24, 2.45) is 5.92 Å². The zero-order valence-corrected chi connectivity index (χ0v) is 21.9. The van der Waals surface area contributed by atoms with Gasteiger partial charge >= 0.3 is 6.18 Å². The van der Waals surface area contributed by atoms with Gasteiger partial charge in [0, 0.05) is 37.0 Å². The number of nitrogens with one attached hydrogen (secondary N) is 1. The van der Waals surface area contributed by atoms with Crippen LogP contribution in [0.15, 0.2) is 72.8 Å². The molecule has 0 saturated heterocycles. The molecule has 0 radical (unpaired) electrons. The minimum Gasteiger partial charge on any atom is -0.355 e. The van der Waals surface area contributed by atoms with Gasteiger partial charge in [-0.2, -0.15) is 13.2 Å². The third-order valence-corrected chi connectivity index (χ3v) is 6.27. The highest BCUT2D eigenvalue weighted by Crippen LogP contribution is 2.32. The number of hydrogen-bond donors (Lipinski definition) is 1. The van der Waals surface area contributed by atoms with Crippen molar-refractivity contribution in [2.45, 2.75) is 33.0 Å². The van der Waals surface area contributed by atoms with Crippen molar-refractivity contribution >= 4 is 34.2 Å². The maximum absolute atomic E-state index is 13.0. The van der Waals surface area contributed by atoms with Gasteiger partial charge in [-0.25, -0.2) is 9.97 Å². The van der Waals surface area contributed by atoms with Crippen molar-refractivity contribution in [1.82, 2.24) is 15.3 Å². The number of hydrogen-bond acceptors (Lipinski definition) is 4. The fraction of sp³-hybridized carbons (Fsp3) is 0.276. The average Bonchev–Trinajstić information content (AvgIpc) is 2.89. The first-order valence-corrected chi connectivity index (χ1v) is 12.7. The lowest BCUT2D eigenvalue weighted by Gasteiger charge is -2.27. The molecule has 1 heterocycles. The summed E-state index contributed by atoms with van der Waals surface area (Å²) in [6, 6.07) is 20.0. The maximum atomic E-state index is 13.0. The van der Waals surface area contributed by atoms with E-state index >= 15 is 0 Å². The van der Waals surface area contributed by atoms with Crippen molar-refractivity contribution in [3.05, 3.63) is 88.9 Å². The fourth-order valence-corrected chi connectivity index (χ4v) is 4.39. The Bertz CT molecular complexity index is 1420. The van der Waals surface area contributed by atoms with Crippen LogP contribution in [-0.4, -0.2) is 29.0 Å². The van der Waals surface area contributed by atoms with Gasteiger partial charge in [-0.15, -0.1) is 0 Å². The molecule has 4 rings (SSSR count). The molecule has 38 heavy (non-hydrogen) atoms. The van der Waals surface area contributed by atoms with Gasteiger partial charge in [0.2, 0.25) is 5.91 Å². The minimum absolute atomic E-state index is 0.0139. The zero-order valence-electron chi connectivity index (χ0n) is 21.1. The van der Waals surface area contributed by atoms with Gasteiger partial charge in [-0.3, -0.25) is 4.79 Å². The van der Waals surface area contributed by atoms with E-state index in [0.29, 0.717) is 40.9 Å². The van der Waals surface area contributed by atoms with Gasteiger partial charge in [0.05, 0.1) is 16.1 Å². The van der Waals surface area contributed by atoms with E-state index in [1.165, 1.54) is 6.07 Å². The molecule has 3 aromatic carbocycles. The first-order chi connectivity index (χ1) is 18.1. The van der Waals surface area contributed by atoms with E-state index in [2.05, 4.69) is 24.1 Å². The standard InChI is InChI=1S/C29H28ClF3N4O/c1-19(2)18-37(15-14-26(38)34-17-20-8-7-9-21(16-20)29(31,32)33)28-23-11-4-6-13-25(23)35-27(36-28)22-10-3-5-12-24(22)30/h3-13,16,19H,14-15,17-18H2,1-2H3,(H,34,38). The summed E-state index contributed by atoms with van der Waals surface area (Å²) in [6.07, 6.45) is -4.29. The summed E-state index contributed by atoms with van der Waals surface area (Å²) in [4.78, 5) is 24.4. The second-order valence-electron chi connectivity index (χ2n) is 9.43. The monoisotopic (exact) mass is 540 g/mol. The van der Waals surface area contributed by atoms with Crippen LogP contribution in [0.3, 0.4) is 0 Å². The Kier molecular flexibility index (Phi) is 8.52. The number of para-hydroxylation sites is 1. The quantitative estimate of drug-likeness (QED) is 0.245. The molecule has 0 atom stereocenters. The third-order valence-electron chi connectivity index (χ3n) is 5.94. The number of fused-ring (bicyclic) bond motifs is 1. The lowest BCUT2D eigenvalue weighted by Crippen LogP contribution is -2.34. The van der Waals surface area contributed by atoms with Crippen LogP contribution in [0.1, 0.15) is 31.4 Å². The molecule has 1 amide bonds. The number of amides is 1. The Morgan fingerprint density at radius 2 is 1.74 bits per heavy atom. The largest absolute Gasteiger partial charge is 0.416 e. The second kappa shape index (κ2) is 11.8. The van der Waals surface area contributed by atoms with Gasteiger partial charge in [0.15, 0.2) is 5.82 Å². The van der Waals surface area contributed by atoms with Gasteiger partial charge in [0.1, 0.15) is 5.82 Å². The molecule has 1 N–H and O–H groups in total. The maximum Gasteiger partial charge on any atom is 0.416 e. The molecule has 198 valence electrons. The van der Waals surface area contributed by atoms with Gasteiger partial charge in [-0.1, -0.05) is 61.8 Å². The van der Waals surface area contributed by atoms with Crippen LogP contribution in [-0.2, 0) is 17.5 Å². The Morgan fingerprint density at radius 3 is 2.47 bits per heavy atom. The normalized spacial score (nSPS) is 11.7. The fourth-order valence-electron chi connectivity index (χ4n) is 4.17. The summed E-state index contributed by atoms with van der Waals surface area (Å²) in [5, 5.41) is 4.13. The molecule has 9 heteroatoms. The van der Waals surface area contributed by atoms with E-state index in [1.54, 1.807) is 12.1 Å². The summed E-state index contributed by atoms with van der Waals surface area (Å²) in [5.74, 6) is 1.21. The topological polar surface area (TPSA) is 58.1 Å². The van der Waals surface area contributed by atoms with E-state index in [0.717, 1.165) is 23.0 Å². The van der Waals surface area contributed by atoms with E-state index in [9.17, 15) is 18.0 Å². The van der Waals surface area contributed by atoms with Crippen molar-refractivity contribution in [3.8, 4) is 11.4 Å². The molecule has 0 fully saturated rings. The highest BCUT2D eigenvalue weighted by molar-refractivity contribution is 6.33. The summed E-state index contributed by atoms with van der Waals surface area (Å²) >= 11 is 6.44. The van der Waals surface area contributed by atoms with Crippen molar-refractivity contribution < 1.29 is 18.0 Å². The van der Waals surface area contributed by atoms with Crippen LogP contribution in [0.2, 0.25) is 5.02 Å². The zero-order chi connectivity index (χ0) is 27.3. The summed E-state index contributed by atoms with van der Waals surface area (Å²) < 4.78 is 39.0. The number of carbonyl (C=O) groups excluding carboxylic acids is 1. The Hall–Kier alpha value is -3.65. The average molecular weight is 541 g/mol. The second-order valence-corrected chi connectivity index (χ2v) is 9.84. The Morgan fingerprint density at radius 1 is 1.00 bits per heavy atom. The third kappa shape index (κ3) is 6.81. The number of rotatable bonds is 9. The molecule has 0 aliphatic rings. The Balaban J connectivity index is 1.55. The van der Waals surface area contributed by atoms with Crippen LogP contribution in [0.25, 0.3) is 22.3 Å². The number of carbonyl (C=O) groups is 1. The van der Waals surface area contributed by atoms with Gasteiger partial charge in [-0.05, 0) is 47.9 Å². The molecule has 4 aromatic rings. The van der Waals surface area contributed by atoms with Gasteiger partial charge in [0.25, 0.3) is 0 Å². The summed E-state index contributed by atoms with van der Waals surface area (Å²) in [7, 11) is 0. The molecule has 5 nitrogen and oxygen atoms in total. The van der Waals surface area contributed by atoms with E-state index in [4.69, 9.17) is 21.6 Å². The van der Waals surface area contributed by atoms with Crippen LogP contribution in [0.5, 0.6) is 0 Å². The lowest BCUT2D eigenvalue weighted by atomic mass is 10.1. The molecule has 0 unspecified atom stereocenters. The van der Waals surface area contributed by atoms with E-state index < -0.39 is 11.7 Å². The van der Waals surface area contributed by atoms with Crippen LogP contribution >= 0.6 is 11.6 Å².